The smallest absolute Gasteiger partial charge is 0.306 e. The number of hydrogen-bond donors (Lipinski definition) is 0. The highest BCUT2D eigenvalue weighted by molar-refractivity contribution is 7.45. The van der Waals surface area contributed by atoms with Crippen LogP contribution in [0.4, 0.5) is 0 Å². The van der Waals surface area contributed by atoms with Crippen molar-refractivity contribution in [3.05, 3.63) is 12.2 Å². The van der Waals surface area contributed by atoms with Crippen LogP contribution in [0.1, 0.15) is 245 Å². The molecule has 0 aliphatic carbocycles. The Hall–Kier alpha value is -1.25. The van der Waals surface area contributed by atoms with Crippen LogP contribution in [-0.4, -0.2) is 70.0 Å². The molecule has 2 atom stereocenters. The van der Waals surface area contributed by atoms with E-state index in [1.54, 1.807) is 0 Å². The van der Waals surface area contributed by atoms with Crippen LogP contribution < -0.4 is 4.89 Å². The minimum Gasteiger partial charge on any atom is -0.756 e. The number of hydrogen-bond acceptors (Lipinski definition) is 8. The highest BCUT2D eigenvalue weighted by Gasteiger charge is 2.21. The molecule has 0 bridgehead atoms. The maximum absolute atomic E-state index is 12.6. The number of quaternary nitrogens is 1. The highest BCUT2D eigenvalue weighted by Crippen LogP contribution is 2.38. The molecule has 0 radical (unpaired) electrons. The van der Waals surface area contributed by atoms with E-state index in [1.165, 1.54) is 154 Å². The summed E-state index contributed by atoms with van der Waals surface area (Å²) in [6, 6.07) is 0. The van der Waals surface area contributed by atoms with Gasteiger partial charge in [-0.05, 0) is 32.1 Å². The van der Waals surface area contributed by atoms with Crippen LogP contribution in [0, 0.1) is 0 Å². The summed E-state index contributed by atoms with van der Waals surface area (Å²) in [5.41, 5.74) is 0. The normalized spacial score (nSPS) is 13.5. The average molecular weight is 872 g/mol. The molecule has 0 aliphatic heterocycles. The summed E-state index contributed by atoms with van der Waals surface area (Å²) in [7, 11) is 1.17. The van der Waals surface area contributed by atoms with E-state index in [-0.39, 0.29) is 32.0 Å². The second kappa shape index (κ2) is 43.0. The van der Waals surface area contributed by atoms with E-state index in [1.807, 2.05) is 21.1 Å². The van der Waals surface area contributed by atoms with Crippen LogP contribution in [0.15, 0.2) is 12.2 Å². The molecule has 0 aliphatic rings. The summed E-state index contributed by atoms with van der Waals surface area (Å²) in [4.78, 5) is 37.5. The first kappa shape index (κ1) is 58.8. The number of carbonyl (C=O) groups excluding carboxylic acids is 2. The van der Waals surface area contributed by atoms with Crippen molar-refractivity contribution in [3.63, 3.8) is 0 Å². The largest absolute Gasteiger partial charge is 0.756 e. The molecule has 0 N–H and O–H groups in total. The molecule has 356 valence electrons. The number of allylic oxidation sites excluding steroid dienone is 2. The summed E-state index contributed by atoms with van der Waals surface area (Å²) in [6.45, 7) is 4.19. The predicted octanol–water partition coefficient (Wildman–Crippen LogP) is 14.3. The van der Waals surface area contributed by atoms with Crippen molar-refractivity contribution >= 4 is 19.8 Å². The van der Waals surface area contributed by atoms with Gasteiger partial charge in [0, 0.05) is 12.8 Å². The Bertz CT molecular complexity index is 1030. The standard InChI is InChI=1S/C50H98NO8P/c1-6-8-10-12-14-16-18-19-20-21-22-23-24-25-26-27-28-29-30-31-32-33-35-36-38-40-42-49(52)56-46-48(47-58-60(54,55)57-45-44-51(3,4)5)59-50(53)43-41-39-37-34-17-15-13-11-9-7-2/h11,13,48H,6-10,12,14-47H2,1-5H3/b13-11-. The van der Waals surface area contributed by atoms with Gasteiger partial charge in [-0.1, -0.05) is 212 Å². The van der Waals surface area contributed by atoms with Crippen molar-refractivity contribution in [1.82, 2.24) is 0 Å². The first-order chi connectivity index (χ1) is 29.0. The van der Waals surface area contributed by atoms with Gasteiger partial charge in [-0.2, -0.15) is 0 Å². The molecule has 0 saturated heterocycles. The molecule has 2 unspecified atom stereocenters. The molecule has 0 fully saturated rings. The number of esters is 2. The van der Waals surface area contributed by atoms with Crippen molar-refractivity contribution in [2.45, 2.75) is 251 Å². The average Bonchev–Trinajstić information content (AvgIpc) is 3.20. The molecule has 60 heavy (non-hydrogen) atoms. The number of phosphoric ester groups is 1. The highest BCUT2D eigenvalue weighted by atomic mass is 31.2. The number of nitrogens with zero attached hydrogens (tertiary/aromatic N) is 1. The molecule has 9 nitrogen and oxygen atoms in total. The van der Waals surface area contributed by atoms with Crippen LogP contribution in [0.25, 0.3) is 0 Å². The monoisotopic (exact) mass is 872 g/mol. The molecule has 0 aromatic carbocycles. The Balaban J connectivity index is 4.03. The zero-order valence-electron chi connectivity index (χ0n) is 40.2. The molecule has 0 saturated carbocycles. The number of likely N-dealkylation sites (N-methyl/N-ethyl adjacent to an activating group) is 1. The molecule has 10 heteroatoms. The van der Waals surface area contributed by atoms with Crippen molar-refractivity contribution in [2.75, 3.05) is 47.5 Å². The number of ether oxygens (including phenoxy) is 2. The van der Waals surface area contributed by atoms with Crippen LogP contribution >= 0.6 is 7.82 Å². The zero-order chi connectivity index (χ0) is 44.3. The molecule has 0 heterocycles. The van der Waals surface area contributed by atoms with E-state index >= 15 is 0 Å². The first-order valence-electron chi connectivity index (χ1n) is 25.4. The third-order valence-electron chi connectivity index (χ3n) is 11.3. The molecule has 0 spiro atoms. The summed E-state index contributed by atoms with van der Waals surface area (Å²) in [5.74, 6) is -0.835. The molecule has 0 rings (SSSR count). The van der Waals surface area contributed by atoms with Crippen LogP contribution in [0.2, 0.25) is 0 Å². The lowest BCUT2D eigenvalue weighted by molar-refractivity contribution is -0.870. The fraction of sp³-hybridized carbons (Fsp3) is 0.920. The Morgan fingerprint density at radius 1 is 0.500 bits per heavy atom. The Morgan fingerprint density at radius 2 is 0.883 bits per heavy atom. The second-order valence-corrected chi connectivity index (χ2v) is 20.0. The van der Waals surface area contributed by atoms with Gasteiger partial charge < -0.3 is 27.9 Å². The summed E-state index contributed by atoms with van der Waals surface area (Å²) in [6.07, 6.45) is 47.0. The minimum absolute atomic E-state index is 0.0294. The lowest BCUT2D eigenvalue weighted by Crippen LogP contribution is -2.37. The third kappa shape index (κ3) is 46.3. The van der Waals surface area contributed by atoms with Gasteiger partial charge in [0.1, 0.15) is 19.8 Å². The van der Waals surface area contributed by atoms with E-state index in [9.17, 15) is 19.0 Å². The van der Waals surface area contributed by atoms with Gasteiger partial charge in [0.15, 0.2) is 6.10 Å². The molecular weight excluding hydrogens is 774 g/mol. The van der Waals surface area contributed by atoms with Gasteiger partial charge >= 0.3 is 11.9 Å². The maximum atomic E-state index is 12.6. The Labute approximate surface area is 371 Å². The van der Waals surface area contributed by atoms with Gasteiger partial charge in [0.2, 0.25) is 0 Å². The topological polar surface area (TPSA) is 111 Å². The van der Waals surface area contributed by atoms with Gasteiger partial charge in [-0.15, -0.1) is 0 Å². The summed E-state index contributed by atoms with van der Waals surface area (Å²) < 4.78 is 33.9. The molecule has 0 amide bonds. The van der Waals surface area contributed by atoms with Gasteiger partial charge in [-0.3, -0.25) is 14.2 Å². The van der Waals surface area contributed by atoms with Gasteiger partial charge in [-0.25, -0.2) is 0 Å². The lowest BCUT2D eigenvalue weighted by Gasteiger charge is -2.28. The third-order valence-corrected chi connectivity index (χ3v) is 12.2. The van der Waals surface area contributed by atoms with E-state index in [2.05, 4.69) is 26.0 Å². The zero-order valence-corrected chi connectivity index (χ0v) is 41.1. The van der Waals surface area contributed by atoms with Crippen molar-refractivity contribution < 1.29 is 42.1 Å². The van der Waals surface area contributed by atoms with Crippen LogP contribution in [0.5, 0.6) is 0 Å². The first-order valence-corrected chi connectivity index (χ1v) is 26.9. The quantitative estimate of drug-likeness (QED) is 0.0195. The van der Waals surface area contributed by atoms with Gasteiger partial charge in [0.05, 0.1) is 27.7 Å². The SMILES string of the molecule is CCC/C=C\CCCCCCCC(=O)OC(COC(=O)CCCCCCCCCCCCCCCCCCCCCCCCCCCC)COP(=O)([O-])OCC[N+](C)(C)C. The minimum atomic E-state index is -4.62. The maximum Gasteiger partial charge on any atom is 0.306 e. The molecule has 0 aromatic rings. The molecular formula is C50H98NO8P. The number of carbonyl (C=O) groups is 2. The van der Waals surface area contributed by atoms with E-state index in [0.717, 1.165) is 57.8 Å². The fourth-order valence-corrected chi connectivity index (χ4v) is 8.04. The van der Waals surface area contributed by atoms with Crippen molar-refractivity contribution in [3.8, 4) is 0 Å². The van der Waals surface area contributed by atoms with E-state index < -0.39 is 26.5 Å². The summed E-state index contributed by atoms with van der Waals surface area (Å²) >= 11 is 0. The number of phosphoric acid groups is 1. The van der Waals surface area contributed by atoms with Crippen LogP contribution in [-0.2, 0) is 32.7 Å². The van der Waals surface area contributed by atoms with Gasteiger partial charge in [0.25, 0.3) is 7.82 Å². The van der Waals surface area contributed by atoms with Crippen LogP contribution in [0.3, 0.4) is 0 Å². The number of unbranched alkanes of at least 4 members (excludes halogenated alkanes) is 31. The Morgan fingerprint density at radius 3 is 1.30 bits per heavy atom. The predicted molar refractivity (Wildman–Crippen MR) is 250 cm³/mol. The second-order valence-electron chi connectivity index (χ2n) is 18.5. The summed E-state index contributed by atoms with van der Waals surface area (Å²) in [5, 5.41) is 0. The van der Waals surface area contributed by atoms with Crippen molar-refractivity contribution in [1.29, 1.82) is 0 Å². The van der Waals surface area contributed by atoms with E-state index in [4.69, 9.17) is 18.5 Å². The fourth-order valence-electron chi connectivity index (χ4n) is 7.31. The number of rotatable bonds is 47. The van der Waals surface area contributed by atoms with E-state index in [0.29, 0.717) is 17.4 Å². The lowest BCUT2D eigenvalue weighted by atomic mass is 10.0. The van der Waals surface area contributed by atoms with Crippen molar-refractivity contribution in [2.24, 2.45) is 0 Å². The Kier molecular flexibility index (Phi) is 42.1. The molecule has 0 aromatic heterocycles.